The third-order valence-corrected chi connectivity index (χ3v) is 5.22. The average Bonchev–Trinajstić information content (AvgIpc) is 2.92. The molecule has 1 aromatic carbocycles. The van der Waals surface area contributed by atoms with E-state index in [4.69, 9.17) is 0 Å². The molecule has 1 saturated carbocycles. The molecular formula is C16H18FNO2S. The number of fused-ring (bicyclic) bond motifs is 1. The molecule has 21 heavy (non-hydrogen) atoms. The highest BCUT2D eigenvalue weighted by Gasteiger charge is 2.23. The minimum absolute atomic E-state index is 0.133. The molecule has 1 aromatic heterocycles. The molecule has 1 aliphatic carbocycles. The van der Waals surface area contributed by atoms with Gasteiger partial charge in [-0.3, -0.25) is 4.79 Å². The van der Waals surface area contributed by atoms with E-state index in [0.717, 1.165) is 30.4 Å². The number of benzene rings is 1. The zero-order valence-corrected chi connectivity index (χ0v) is 12.5. The van der Waals surface area contributed by atoms with Crippen LogP contribution in [0, 0.1) is 11.7 Å². The lowest BCUT2D eigenvalue weighted by atomic mass is 9.86. The van der Waals surface area contributed by atoms with Crippen molar-refractivity contribution in [2.45, 2.75) is 31.8 Å². The minimum Gasteiger partial charge on any atom is -0.393 e. The molecule has 3 nitrogen and oxygen atoms in total. The van der Waals surface area contributed by atoms with E-state index in [9.17, 15) is 14.3 Å². The highest BCUT2D eigenvalue weighted by Crippen LogP contribution is 2.28. The Morgan fingerprint density at radius 1 is 1.38 bits per heavy atom. The van der Waals surface area contributed by atoms with Crippen molar-refractivity contribution in [1.82, 2.24) is 5.32 Å². The molecule has 2 N–H and O–H groups in total. The van der Waals surface area contributed by atoms with Gasteiger partial charge in [-0.2, -0.15) is 0 Å². The molecular weight excluding hydrogens is 289 g/mol. The fraction of sp³-hybridized carbons (Fsp3) is 0.438. The Bertz CT molecular complexity index is 655. The lowest BCUT2D eigenvalue weighted by molar-refractivity contribution is 0.0664. The highest BCUT2D eigenvalue weighted by molar-refractivity contribution is 7.20. The Kier molecular flexibility index (Phi) is 4.22. The minimum atomic E-state index is -0.320. The molecule has 2 aromatic rings. The van der Waals surface area contributed by atoms with Crippen molar-refractivity contribution >= 4 is 27.3 Å². The van der Waals surface area contributed by atoms with Gasteiger partial charge in [0.05, 0.1) is 11.0 Å². The van der Waals surface area contributed by atoms with Crippen LogP contribution in [0.5, 0.6) is 0 Å². The van der Waals surface area contributed by atoms with Crippen molar-refractivity contribution in [1.29, 1.82) is 0 Å². The number of carbonyl (C=O) groups is 1. The van der Waals surface area contributed by atoms with Crippen LogP contribution < -0.4 is 5.32 Å². The smallest absolute Gasteiger partial charge is 0.261 e. The molecule has 1 aliphatic rings. The van der Waals surface area contributed by atoms with E-state index in [-0.39, 0.29) is 23.7 Å². The number of rotatable bonds is 3. The molecule has 112 valence electrons. The first-order chi connectivity index (χ1) is 10.1. The van der Waals surface area contributed by atoms with Gasteiger partial charge in [-0.05, 0) is 31.0 Å². The first-order valence-corrected chi connectivity index (χ1v) is 8.11. The van der Waals surface area contributed by atoms with E-state index < -0.39 is 0 Å². The zero-order chi connectivity index (χ0) is 14.8. The normalized spacial score (nSPS) is 22.4. The van der Waals surface area contributed by atoms with Gasteiger partial charge in [-0.25, -0.2) is 4.39 Å². The Morgan fingerprint density at radius 3 is 2.95 bits per heavy atom. The summed E-state index contributed by atoms with van der Waals surface area (Å²) < 4.78 is 14.4. The summed E-state index contributed by atoms with van der Waals surface area (Å²) in [6.07, 6.45) is 3.60. The molecule has 2 unspecified atom stereocenters. The van der Waals surface area contributed by atoms with Gasteiger partial charge in [0.15, 0.2) is 0 Å². The number of carbonyl (C=O) groups excluding carboxylic acids is 1. The van der Waals surface area contributed by atoms with E-state index in [1.165, 1.54) is 17.4 Å². The van der Waals surface area contributed by atoms with Gasteiger partial charge in [0.1, 0.15) is 5.82 Å². The Morgan fingerprint density at radius 2 is 2.19 bits per heavy atom. The first-order valence-electron chi connectivity index (χ1n) is 7.29. The second kappa shape index (κ2) is 6.12. The van der Waals surface area contributed by atoms with E-state index in [2.05, 4.69) is 5.32 Å². The number of halogens is 1. The molecule has 1 amide bonds. The molecule has 2 atom stereocenters. The van der Waals surface area contributed by atoms with Crippen molar-refractivity contribution in [3.05, 3.63) is 35.0 Å². The largest absolute Gasteiger partial charge is 0.393 e. The van der Waals surface area contributed by atoms with Crippen LogP contribution in [0.1, 0.15) is 35.4 Å². The van der Waals surface area contributed by atoms with Crippen molar-refractivity contribution in [2.24, 2.45) is 5.92 Å². The summed E-state index contributed by atoms with van der Waals surface area (Å²) in [4.78, 5) is 12.7. The van der Waals surface area contributed by atoms with Crippen molar-refractivity contribution in [3.8, 4) is 0 Å². The van der Waals surface area contributed by atoms with Gasteiger partial charge < -0.3 is 10.4 Å². The Balaban J connectivity index is 1.68. The summed E-state index contributed by atoms with van der Waals surface area (Å²) in [5.74, 6) is -0.354. The van der Waals surface area contributed by atoms with Gasteiger partial charge in [-0.15, -0.1) is 11.3 Å². The van der Waals surface area contributed by atoms with Crippen LogP contribution in [0.25, 0.3) is 10.1 Å². The molecule has 0 bridgehead atoms. The van der Waals surface area contributed by atoms with Crippen LogP contribution in [0.4, 0.5) is 4.39 Å². The van der Waals surface area contributed by atoms with E-state index in [0.29, 0.717) is 16.8 Å². The summed E-state index contributed by atoms with van der Waals surface area (Å²) in [6.45, 7) is 0.483. The summed E-state index contributed by atoms with van der Waals surface area (Å²) in [6, 6.07) is 6.45. The van der Waals surface area contributed by atoms with Crippen LogP contribution in [0.3, 0.4) is 0 Å². The van der Waals surface area contributed by atoms with Crippen LogP contribution in [-0.2, 0) is 0 Å². The maximum absolute atomic E-state index is 13.6. The first kappa shape index (κ1) is 14.5. The van der Waals surface area contributed by atoms with E-state index >= 15 is 0 Å². The standard InChI is InChI=1S/C16H18FNO2S/c17-12-5-3-7-14-11(12)8-15(21-14)16(20)18-9-10-4-1-2-6-13(10)19/h3,5,7-8,10,13,19H,1-2,4,6,9H2,(H,18,20). The Hall–Kier alpha value is -1.46. The third-order valence-electron chi connectivity index (χ3n) is 4.13. The number of hydrogen-bond donors (Lipinski definition) is 2. The Labute approximate surface area is 126 Å². The molecule has 0 spiro atoms. The van der Waals surface area contributed by atoms with Crippen molar-refractivity contribution in [2.75, 3.05) is 6.54 Å². The lowest BCUT2D eigenvalue weighted by Crippen LogP contribution is -2.36. The van der Waals surface area contributed by atoms with Gasteiger partial charge in [-0.1, -0.05) is 18.9 Å². The second-order valence-corrected chi connectivity index (χ2v) is 6.67. The van der Waals surface area contributed by atoms with Gasteiger partial charge in [0.2, 0.25) is 0 Å². The van der Waals surface area contributed by atoms with Crippen LogP contribution in [-0.4, -0.2) is 23.7 Å². The SMILES string of the molecule is O=C(NCC1CCCCC1O)c1cc2c(F)cccc2s1. The fourth-order valence-electron chi connectivity index (χ4n) is 2.87. The number of thiophene rings is 1. The van der Waals surface area contributed by atoms with Gasteiger partial charge in [0.25, 0.3) is 5.91 Å². The predicted octanol–water partition coefficient (Wildman–Crippen LogP) is 3.32. The quantitative estimate of drug-likeness (QED) is 0.914. The predicted molar refractivity (Wildman–Crippen MR) is 82.1 cm³/mol. The maximum atomic E-state index is 13.6. The monoisotopic (exact) mass is 307 g/mol. The lowest BCUT2D eigenvalue weighted by Gasteiger charge is -2.27. The third kappa shape index (κ3) is 3.09. The molecule has 0 saturated heterocycles. The van der Waals surface area contributed by atoms with Crippen molar-refractivity contribution < 1.29 is 14.3 Å². The molecule has 1 fully saturated rings. The number of amides is 1. The summed E-state index contributed by atoms with van der Waals surface area (Å²) in [7, 11) is 0. The molecule has 0 aliphatic heterocycles. The van der Waals surface area contributed by atoms with Crippen LogP contribution in [0.15, 0.2) is 24.3 Å². The molecule has 0 radical (unpaired) electrons. The van der Waals surface area contributed by atoms with Crippen LogP contribution >= 0.6 is 11.3 Å². The number of nitrogens with one attached hydrogen (secondary N) is 1. The molecule has 5 heteroatoms. The molecule has 3 rings (SSSR count). The maximum Gasteiger partial charge on any atom is 0.261 e. The van der Waals surface area contributed by atoms with Crippen LogP contribution in [0.2, 0.25) is 0 Å². The average molecular weight is 307 g/mol. The van der Waals surface area contributed by atoms with Gasteiger partial charge >= 0.3 is 0 Å². The summed E-state index contributed by atoms with van der Waals surface area (Å²) in [5, 5.41) is 13.3. The number of hydrogen-bond acceptors (Lipinski definition) is 3. The molecule has 1 heterocycles. The van der Waals surface area contributed by atoms with E-state index in [1.807, 2.05) is 6.07 Å². The second-order valence-electron chi connectivity index (χ2n) is 5.58. The summed E-state index contributed by atoms with van der Waals surface area (Å²) >= 11 is 1.29. The highest BCUT2D eigenvalue weighted by atomic mass is 32.1. The van der Waals surface area contributed by atoms with Gasteiger partial charge in [0, 0.05) is 22.5 Å². The van der Waals surface area contributed by atoms with E-state index in [1.54, 1.807) is 12.1 Å². The number of aliphatic hydroxyl groups excluding tert-OH is 1. The fourth-order valence-corrected chi connectivity index (χ4v) is 3.87. The van der Waals surface area contributed by atoms with Crippen molar-refractivity contribution in [3.63, 3.8) is 0 Å². The zero-order valence-electron chi connectivity index (χ0n) is 11.6. The summed E-state index contributed by atoms with van der Waals surface area (Å²) in [5.41, 5.74) is 0. The topological polar surface area (TPSA) is 49.3 Å². The number of aliphatic hydroxyl groups is 1.